The van der Waals surface area contributed by atoms with Gasteiger partial charge in [-0.1, -0.05) is 47.0 Å². The van der Waals surface area contributed by atoms with Gasteiger partial charge in [0, 0.05) is 32.3 Å². The van der Waals surface area contributed by atoms with Crippen molar-refractivity contribution < 1.29 is 88.6 Å². The molecule has 8 rings (SSSR count). The van der Waals surface area contributed by atoms with Gasteiger partial charge >= 0.3 is 0 Å². The summed E-state index contributed by atoms with van der Waals surface area (Å²) in [5.41, 5.74) is 1.53. The summed E-state index contributed by atoms with van der Waals surface area (Å²) in [7, 11) is 0. The van der Waals surface area contributed by atoms with E-state index in [1.807, 2.05) is 12.4 Å². The van der Waals surface area contributed by atoms with Crippen LogP contribution < -0.4 is 10.8 Å². The number of Topliss-reactive ketones (excluding diaryl/α,β-unsaturated/α-hetero) is 3. The Morgan fingerprint density at radius 1 is 0.808 bits per heavy atom. The summed E-state index contributed by atoms with van der Waals surface area (Å²) >= 11 is 0. The molecule has 0 radical (unpaired) electrons. The van der Waals surface area contributed by atoms with Crippen molar-refractivity contribution in [2.75, 3.05) is 19.8 Å². The molecule has 1 amide bonds. The molecule has 6 saturated carbocycles. The quantitative estimate of drug-likeness (QED) is 0.0491. The third kappa shape index (κ3) is 13.1. The molecule has 0 aromatic rings. The first-order valence-corrected chi connectivity index (χ1v) is 29.8. The van der Waals surface area contributed by atoms with Gasteiger partial charge in [0.15, 0.2) is 18.4 Å². The molecule has 78 heavy (non-hydrogen) atoms. The van der Waals surface area contributed by atoms with Crippen LogP contribution in [-0.2, 0) is 47.6 Å². The van der Waals surface area contributed by atoms with Crippen molar-refractivity contribution in [3.8, 4) is 0 Å². The Bertz CT molecular complexity index is 2030. The molecule has 6 aliphatic carbocycles. The van der Waals surface area contributed by atoms with E-state index in [9.17, 15) is 60.1 Å². The van der Waals surface area contributed by atoms with Crippen molar-refractivity contribution in [3.63, 3.8) is 0 Å². The highest BCUT2D eigenvalue weighted by Gasteiger charge is 2.66. The second-order valence-electron chi connectivity index (χ2n) is 26.0. The summed E-state index contributed by atoms with van der Waals surface area (Å²) < 4.78 is 38.4. The first kappa shape index (κ1) is 61.9. The zero-order chi connectivity index (χ0) is 56.5. The van der Waals surface area contributed by atoms with E-state index >= 15 is 0 Å². The van der Waals surface area contributed by atoms with Crippen molar-refractivity contribution in [1.82, 2.24) is 10.8 Å². The third-order valence-electron chi connectivity index (χ3n) is 21.1. The summed E-state index contributed by atoms with van der Waals surface area (Å²) in [4.78, 5) is 52.5. The molecule has 0 spiro atoms. The van der Waals surface area contributed by atoms with E-state index in [2.05, 4.69) is 26.1 Å². The second kappa shape index (κ2) is 26.2. The maximum atomic E-state index is 14.4. The number of ketones is 3. The number of amides is 1. The fourth-order valence-corrected chi connectivity index (χ4v) is 16.4. The van der Waals surface area contributed by atoms with Gasteiger partial charge in [-0.25, -0.2) is 0 Å². The van der Waals surface area contributed by atoms with E-state index in [1.165, 1.54) is 13.8 Å². The van der Waals surface area contributed by atoms with E-state index in [1.54, 1.807) is 6.92 Å². The lowest BCUT2D eigenvalue weighted by molar-refractivity contribution is -0.338. The topological polar surface area (TPSA) is 310 Å². The monoisotopic (exact) mass is 1110 g/mol. The zero-order valence-corrected chi connectivity index (χ0v) is 47.2. The standard InChI is InChI=1S/C58H96N2O18/c1-8-33-21-34(40(64)10-9-19-73-36-17-18-57(6)35(23-36)24-41(65)47-38-16-15-37(28(2)11-12-29(3)62)58(38,7)46(67)25-39(47)57)22-44(53(33)78-56-52(71)51(70)49(68)30(4)74-56)76-55-48(60-31(5)63)54(50(69)45(27-61)77-55)75-43(20-32-13-14-32)42(66)26-59-72/h28,30,32-39,41,43-56,59,61,65,67-72H,8-27H2,1-7H3,(H,60,63)/t28-,30+,33-,34?,35+,36-,37-,38+,39+,41-,43+,44-,45+,46+,47+,48?,49+,50+,51?,52+,53-,54?,55-,56?,57+,58-/m1/s1. The van der Waals surface area contributed by atoms with Gasteiger partial charge in [-0.05, 0) is 149 Å². The van der Waals surface area contributed by atoms with Crippen LogP contribution in [0.1, 0.15) is 158 Å². The predicted molar refractivity (Wildman–Crippen MR) is 280 cm³/mol. The average molecular weight is 1110 g/mol. The van der Waals surface area contributed by atoms with Gasteiger partial charge < -0.3 is 79.5 Å². The summed E-state index contributed by atoms with van der Waals surface area (Å²) in [6, 6.07) is -1.26. The largest absolute Gasteiger partial charge is 0.394 e. The van der Waals surface area contributed by atoms with Crippen molar-refractivity contribution >= 4 is 23.3 Å². The summed E-state index contributed by atoms with van der Waals surface area (Å²) in [5, 5.41) is 90.8. The lowest BCUT2D eigenvalue weighted by atomic mass is 9.43. The SMILES string of the molecule is CC[C@@H]1CC(C(=O)CCCO[C@@H]2CC[C@@]3(C)[C@@H](C2)C[C@@H](O)[C@@H]2[C@@H]3C[C@H](O)[C@]3(C)[C@@H]([C@H](C)CCC(C)=O)CC[C@@H]23)C[C@@H](O[C@@H]2O[C@@H](CO)[C@H](O)C(O[C@@H](CC3CC3)C(=O)CNO)C2NC(C)=O)[C@@H]1OC1O[C@@H](C)[C@H](O)C(O)[C@@H]1O. The van der Waals surface area contributed by atoms with Crippen LogP contribution in [0.2, 0.25) is 0 Å². The maximum Gasteiger partial charge on any atom is 0.217 e. The molecule has 446 valence electrons. The Kier molecular flexibility index (Phi) is 20.8. The molecule has 0 bridgehead atoms. The van der Waals surface area contributed by atoms with Crippen molar-refractivity contribution in [2.45, 2.75) is 256 Å². The van der Waals surface area contributed by atoms with Crippen LogP contribution in [0.25, 0.3) is 0 Å². The molecule has 8 fully saturated rings. The molecule has 26 atom stereocenters. The number of rotatable bonds is 24. The number of hydrogen-bond acceptors (Lipinski definition) is 19. The summed E-state index contributed by atoms with van der Waals surface area (Å²) in [5.74, 6) is -0.236. The lowest BCUT2D eigenvalue weighted by Crippen LogP contribution is -2.67. The number of ether oxygens (including phenoxy) is 6. The fraction of sp³-hybridized carbons (Fsp3) is 0.931. The smallest absolute Gasteiger partial charge is 0.217 e. The van der Waals surface area contributed by atoms with Gasteiger partial charge in [-0.2, -0.15) is 5.48 Å². The van der Waals surface area contributed by atoms with Gasteiger partial charge in [0.1, 0.15) is 60.3 Å². The molecule has 20 nitrogen and oxygen atoms in total. The molecule has 0 aromatic carbocycles. The minimum Gasteiger partial charge on any atom is -0.394 e. The number of fused-ring (bicyclic) bond motifs is 5. The van der Waals surface area contributed by atoms with Crippen molar-refractivity contribution in [3.05, 3.63) is 0 Å². The lowest BCUT2D eigenvalue weighted by Gasteiger charge is -2.63. The van der Waals surface area contributed by atoms with Crippen LogP contribution in [-0.4, -0.2) is 182 Å². The average Bonchev–Trinajstić information content (AvgIpc) is 4.33. The zero-order valence-electron chi connectivity index (χ0n) is 47.2. The van der Waals surface area contributed by atoms with Gasteiger partial charge in [0.2, 0.25) is 5.91 Å². The Labute approximate surface area is 460 Å². The number of aliphatic hydroxyl groups excluding tert-OH is 7. The Balaban J connectivity index is 0.932. The van der Waals surface area contributed by atoms with Gasteiger partial charge in [-0.15, -0.1) is 0 Å². The first-order valence-electron chi connectivity index (χ1n) is 29.8. The van der Waals surface area contributed by atoms with E-state index in [4.69, 9.17) is 28.4 Å². The second-order valence-corrected chi connectivity index (χ2v) is 26.0. The minimum absolute atomic E-state index is 0.0279. The molecular formula is C58H96N2O18. The number of hydrogen-bond donors (Lipinski definition) is 10. The Hall–Kier alpha value is -2.12. The number of carbonyl (C=O) groups excluding carboxylic acids is 4. The van der Waals surface area contributed by atoms with Crippen molar-refractivity contribution in [1.29, 1.82) is 0 Å². The number of hydroxylamine groups is 1. The molecule has 2 saturated heterocycles. The predicted octanol–water partition coefficient (Wildman–Crippen LogP) is 3.05. The highest BCUT2D eigenvalue weighted by atomic mass is 16.7. The van der Waals surface area contributed by atoms with E-state index in [0.717, 1.165) is 51.4 Å². The highest BCUT2D eigenvalue weighted by Crippen LogP contribution is 2.68. The Morgan fingerprint density at radius 2 is 1.55 bits per heavy atom. The maximum absolute atomic E-state index is 14.4. The van der Waals surface area contributed by atoms with Crippen molar-refractivity contribution in [2.24, 2.45) is 64.1 Å². The van der Waals surface area contributed by atoms with Crippen LogP contribution in [0, 0.1) is 64.1 Å². The fourth-order valence-electron chi connectivity index (χ4n) is 16.4. The third-order valence-corrected chi connectivity index (χ3v) is 21.1. The normalized spacial score (nSPS) is 45.3. The van der Waals surface area contributed by atoms with Crippen LogP contribution >= 0.6 is 0 Å². The summed E-state index contributed by atoms with van der Waals surface area (Å²) in [6.45, 7) is 12.5. The molecule has 5 unspecified atom stereocenters. The van der Waals surface area contributed by atoms with Gasteiger partial charge in [0.05, 0.1) is 49.8 Å². The molecule has 20 heteroatoms. The van der Waals surface area contributed by atoms with Gasteiger partial charge in [0.25, 0.3) is 0 Å². The molecule has 0 aromatic heterocycles. The molecule has 2 aliphatic heterocycles. The first-order chi connectivity index (χ1) is 37.0. The van der Waals surface area contributed by atoms with E-state index in [0.29, 0.717) is 63.4 Å². The Morgan fingerprint density at radius 3 is 2.22 bits per heavy atom. The highest BCUT2D eigenvalue weighted by molar-refractivity contribution is 5.85. The number of carbonyl (C=O) groups is 4. The molecular weight excluding hydrogens is 1010 g/mol. The minimum atomic E-state index is -1.65. The number of nitrogens with one attached hydrogen (secondary N) is 2. The van der Waals surface area contributed by atoms with Gasteiger partial charge in [-0.3, -0.25) is 14.4 Å². The summed E-state index contributed by atoms with van der Waals surface area (Å²) in [6.07, 6.45) is -5.69. The van der Waals surface area contributed by atoms with E-state index in [-0.39, 0.29) is 76.8 Å². The molecule has 2 heterocycles. The van der Waals surface area contributed by atoms with E-state index < -0.39 is 123 Å². The molecule has 10 N–H and O–H groups in total. The van der Waals surface area contributed by atoms with Crippen LogP contribution in [0.3, 0.4) is 0 Å². The molecule has 8 aliphatic rings. The van der Waals surface area contributed by atoms with Crippen LogP contribution in [0.15, 0.2) is 0 Å². The number of aliphatic hydroxyl groups is 7. The van der Waals surface area contributed by atoms with Crippen LogP contribution in [0.4, 0.5) is 0 Å². The van der Waals surface area contributed by atoms with Crippen LogP contribution in [0.5, 0.6) is 0 Å².